The number of nitrogens with one attached hydrogen (secondary N) is 1. The first-order chi connectivity index (χ1) is 8.49. The molecule has 18 heavy (non-hydrogen) atoms. The first-order valence-corrected chi connectivity index (χ1v) is 6.82. The molecule has 0 bridgehead atoms. The molecule has 2 nitrogen and oxygen atoms in total. The van der Waals surface area contributed by atoms with Crippen LogP contribution in [0.5, 0.6) is 0 Å². The fourth-order valence-electron chi connectivity index (χ4n) is 1.77. The average Bonchev–Trinajstić information content (AvgIpc) is 2.29. The molecule has 0 atom stereocenters. The van der Waals surface area contributed by atoms with Gasteiger partial charge in [-0.3, -0.25) is 0 Å². The summed E-state index contributed by atoms with van der Waals surface area (Å²) < 4.78 is 5.80. The molecule has 0 amide bonds. The number of benzene rings is 1. The third-order valence-corrected chi connectivity index (χ3v) is 2.76. The Bertz CT molecular complexity index is 319. The molecule has 0 spiro atoms. The Morgan fingerprint density at radius 1 is 1.17 bits per heavy atom. The van der Waals surface area contributed by atoms with Crippen LogP contribution < -0.4 is 5.32 Å². The molecule has 1 rings (SSSR count). The van der Waals surface area contributed by atoms with Crippen molar-refractivity contribution in [2.75, 3.05) is 19.7 Å². The molecule has 0 aliphatic heterocycles. The minimum atomic E-state index is 0.184. The molecule has 0 aliphatic carbocycles. The van der Waals surface area contributed by atoms with Crippen molar-refractivity contribution in [2.45, 2.75) is 34.3 Å². The van der Waals surface area contributed by atoms with Gasteiger partial charge in [0.05, 0.1) is 13.2 Å². The predicted molar refractivity (Wildman–Crippen MR) is 77.6 cm³/mol. The maximum atomic E-state index is 5.80. The highest BCUT2D eigenvalue weighted by molar-refractivity contribution is 5.13. The van der Waals surface area contributed by atoms with Gasteiger partial charge >= 0.3 is 0 Å². The largest absolute Gasteiger partial charge is 0.376 e. The third kappa shape index (κ3) is 6.77. The van der Waals surface area contributed by atoms with E-state index in [0.29, 0.717) is 12.5 Å². The molecule has 1 N–H and O–H groups in total. The van der Waals surface area contributed by atoms with Crippen molar-refractivity contribution < 1.29 is 4.74 Å². The highest BCUT2D eigenvalue weighted by Crippen LogP contribution is 2.15. The Hall–Kier alpha value is -0.860. The second-order valence-corrected chi connectivity index (χ2v) is 6.17. The van der Waals surface area contributed by atoms with Gasteiger partial charge in [-0.1, -0.05) is 58.0 Å². The van der Waals surface area contributed by atoms with Crippen LogP contribution in [0.4, 0.5) is 0 Å². The van der Waals surface area contributed by atoms with Crippen LogP contribution in [0.25, 0.3) is 0 Å². The first-order valence-electron chi connectivity index (χ1n) is 6.82. The first kappa shape index (κ1) is 15.2. The minimum absolute atomic E-state index is 0.184. The molecule has 1 aromatic carbocycles. The Balaban J connectivity index is 2.20. The van der Waals surface area contributed by atoms with Gasteiger partial charge in [0.15, 0.2) is 0 Å². The van der Waals surface area contributed by atoms with E-state index in [1.165, 1.54) is 5.56 Å². The summed E-state index contributed by atoms with van der Waals surface area (Å²) in [6.07, 6.45) is 0. The number of ether oxygens (including phenoxy) is 1. The molecule has 0 heterocycles. The zero-order valence-electron chi connectivity index (χ0n) is 12.2. The van der Waals surface area contributed by atoms with Crippen LogP contribution in [-0.2, 0) is 11.3 Å². The van der Waals surface area contributed by atoms with Crippen LogP contribution in [0.15, 0.2) is 30.3 Å². The standard InChI is InChI=1S/C16H27NO/c1-14(2)10-17-12-16(3,4)13-18-11-15-8-6-5-7-9-15/h5-9,14,17H,10-13H2,1-4H3. The topological polar surface area (TPSA) is 21.3 Å². The number of hydrogen-bond acceptors (Lipinski definition) is 2. The maximum Gasteiger partial charge on any atom is 0.0717 e. The van der Waals surface area contributed by atoms with Gasteiger partial charge in [0.25, 0.3) is 0 Å². The third-order valence-electron chi connectivity index (χ3n) is 2.76. The van der Waals surface area contributed by atoms with E-state index < -0.39 is 0 Å². The van der Waals surface area contributed by atoms with Crippen LogP contribution in [0.2, 0.25) is 0 Å². The van der Waals surface area contributed by atoms with Crippen molar-refractivity contribution >= 4 is 0 Å². The highest BCUT2D eigenvalue weighted by atomic mass is 16.5. The Labute approximate surface area is 112 Å². The van der Waals surface area contributed by atoms with E-state index in [1.807, 2.05) is 18.2 Å². The molecule has 0 unspecified atom stereocenters. The molecule has 102 valence electrons. The van der Waals surface area contributed by atoms with Crippen molar-refractivity contribution in [1.29, 1.82) is 0 Å². The smallest absolute Gasteiger partial charge is 0.0717 e. The lowest BCUT2D eigenvalue weighted by atomic mass is 9.94. The summed E-state index contributed by atoms with van der Waals surface area (Å²) in [6, 6.07) is 10.3. The normalized spacial score (nSPS) is 12.1. The molecule has 0 saturated heterocycles. The van der Waals surface area contributed by atoms with Crippen molar-refractivity contribution in [1.82, 2.24) is 5.32 Å². The van der Waals surface area contributed by atoms with Crippen LogP contribution >= 0.6 is 0 Å². The molecule has 0 radical (unpaired) electrons. The molecule has 2 heteroatoms. The monoisotopic (exact) mass is 249 g/mol. The zero-order valence-corrected chi connectivity index (χ0v) is 12.2. The van der Waals surface area contributed by atoms with Crippen LogP contribution in [0.1, 0.15) is 33.3 Å². The van der Waals surface area contributed by atoms with Gasteiger partial charge in [0.1, 0.15) is 0 Å². The fraction of sp³-hybridized carbons (Fsp3) is 0.625. The van der Waals surface area contributed by atoms with Crippen LogP contribution in [0, 0.1) is 11.3 Å². The van der Waals surface area contributed by atoms with E-state index in [2.05, 4.69) is 45.1 Å². The lowest BCUT2D eigenvalue weighted by molar-refractivity contribution is 0.0510. The van der Waals surface area contributed by atoms with Crippen molar-refractivity contribution in [2.24, 2.45) is 11.3 Å². The summed E-state index contributed by atoms with van der Waals surface area (Å²) >= 11 is 0. The van der Waals surface area contributed by atoms with Gasteiger partial charge < -0.3 is 10.1 Å². The van der Waals surface area contributed by atoms with Gasteiger partial charge in [0, 0.05) is 12.0 Å². The second-order valence-electron chi connectivity index (χ2n) is 6.17. The van der Waals surface area contributed by atoms with Crippen molar-refractivity contribution in [3.8, 4) is 0 Å². The quantitative estimate of drug-likeness (QED) is 0.761. The Morgan fingerprint density at radius 2 is 1.83 bits per heavy atom. The van der Waals surface area contributed by atoms with Gasteiger partial charge in [0.2, 0.25) is 0 Å². The van der Waals surface area contributed by atoms with Crippen molar-refractivity contribution in [3.63, 3.8) is 0 Å². The van der Waals surface area contributed by atoms with E-state index in [9.17, 15) is 0 Å². The summed E-state index contributed by atoms with van der Waals surface area (Å²) in [4.78, 5) is 0. The van der Waals surface area contributed by atoms with Gasteiger partial charge in [-0.2, -0.15) is 0 Å². The molecule has 0 aliphatic rings. The molecule has 0 saturated carbocycles. The Kier molecular flexibility index (Phi) is 6.37. The van der Waals surface area contributed by atoms with E-state index in [0.717, 1.165) is 19.7 Å². The summed E-state index contributed by atoms with van der Waals surface area (Å²) in [7, 11) is 0. The molecular formula is C16H27NO. The summed E-state index contributed by atoms with van der Waals surface area (Å²) in [6.45, 7) is 12.5. The molecule has 0 fully saturated rings. The molecular weight excluding hydrogens is 222 g/mol. The minimum Gasteiger partial charge on any atom is -0.376 e. The lowest BCUT2D eigenvalue weighted by Crippen LogP contribution is -2.35. The number of hydrogen-bond donors (Lipinski definition) is 1. The lowest BCUT2D eigenvalue weighted by Gasteiger charge is -2.25. The van der Waals surface area contributed by atoms with E-state index in [-0.39, 0.29) is 5.41 Å². The summed E-state index contributed by atoms with van der Waals surface area (Å²) in [5, 5.41) is 3.49. The average molecular weight is 249 g/mol. The number of rotatable bonds is 8. The van der Waals surface area contributed by atoms with E-state index >= 15 is 0 Å². The highest BCUT2D eigenvalue weighted by Gasteiger charge is 2.17. The zero-order chi connectivity index (χ0) is 13.4. The Morgan fingerprint density at radius 3 is 2.44 bits per heavy atom. The molecule has 0 aromatic heterocycles. The summed E-state index contributed by atoms with van der Waals surface area (Å²) in [5.41, 5.74) is 1.42. The van der Waals surface area contributed by atoms with Crippen molar-refractivity contribution in [3.05, 3.63) is 35.9 Å². The molecule has 1 aromatic rings. The van der Waals surface area contributed by atoms with E-state index in [4.69, 9.17) is 4.74 Å². The predicted octanol–water partition coefficient (Wildman–Crippen LogP) is 3.48. The van der Waals surface area contributed by atoms with Crippen LogP contribution in [0.3, 0.4) is 0 Å². The fourth-order valence-corrected chi connectivity index (χ4v) is 1.77. The second kappa shape index (κ2) is 7.55. The SMILES string of the molecule is CC(C)CNCC(C)(C)COCc1ccccc1. The van der Waals surface area contributed by atoms with Gasteiger partial charge in [-0.25, -0.2) is 0 Å². The van der Waals surface area contributed by atoms with Gasteiger partial charge in [-0.15, -0.1) is 0 Å². The van der Waals surface area contributed by atoms with E-state index in [1.54, 1.807) is 0 Å². The summed E-state index contributed by atoms with van der Waals surface area (Å²) in [5.74, 6) is 0.700. The van der Waals surface area contributed by atoms with Crippen LogP contribution in [-0.4, -0.2) is 19.7 Å². The van der Waals surface area contributed by atoms with Gasteiger partial charge in [-0.05, 0) is 18.0 Å². The maximum absolute atomic E-state index is 5.80.